The molecule has 0 fully saturated rings. The van der Waals surface area contributed by atoms with Gasteiger partial charge in [0.2, 0.25) is 0 Å². The van der Waals surface area contributed by atoms with E-state index in [4.69, 9.17) is 20.2 Å². The van der Waals surface area contributed by atoms with E-state index < -0.39 is 11.2 Å². The molecule has 0 radical (unpaired) electrons. The highest BCUT2D eigenvalue weighted by Crippen LogP contribution is 2.40. The summed E-state index contributed by atoms with van der Waals surface area (Å²) in [6, 6.07) is 19.9. The average molecular weight is 568 g/mol. The molecule has 5 aromatic rings. The number of pyridine rings is 1. The normalized spacial score (nSPS) is 11.3. The van der Waals surface area contributed by atoms with Crippen LogP contribution in [0, 0.1) is 0 Å². The Balaban J connectivity index is 1.85. The van der Waals surface area contributed by atoms with Gasteiger partial charge in [0, 0.05) is 50.6 Å². The zero-order valence-electron chi connectivity index (χ0n) is 24.8. The quantitative estimate of drug-likeness (QED) is 0.246. The highest BCUT2D eigenvalue weighted by Gasteiger charge is 2.25. The number of aryl methyl sites for hydroxylation is 1. The Labute approximate surface area is 244 Å². The lowest BCUT2D eigenvalue weighted by Crippen LogP contribution is -2.38. The summed E-state index contributed by atoms with van der Waals surface area (Å²) in [5, 5.41) is 2.51. The molecular weight excluding hydrogens is 530 g/mol. The zero-order valence-corrected chi connectivity index (χ0v) is 24.8. The first-order chi connectivity index (χ1) is 20.3. The van der Waals surface area contributed by atoms with E-state index in [9.17, 15) is 9.59 Å². The SMILES string of the molecule is CCCOc1cc(OCCC)cc(-c2c(CN)c(N(C)c3ccc4ccccc4c3)nc3c2c(=O)n(C)c(=O)n3C)c1. The van der Waals surface area contributed by atoms with Crippen molar-refractivity contribution in [3.63, 3.8) is 0 Å². The number of hydrogen-bond donors (Lipinski definition) is 1. The van der Waals surface area contributed by atoms with Crippen molar-refractivity contribution in [2.45, 2.75) is 33.2 Å². The first kappa shape index (κ1) is 28.9. The zero-order chi connectivity index (χ0) is 30.0. The molecule has 2 heterocycles. The summed E-state index contributed by atoms with van der Waals surface area (Å²) in [4.78, 5) is 33.7. The molecule has 2 N–H and O–H groups in total. The maximum atomic E-state index is 13.8. The van der Waals surface area contributed by atoms with E-state index in [2.05, 4.69) is 24.3 Å². The highest BCUT2D eigenvalue weighted by atomic mass is 16.5. The molecule has 0 aliphatic heterocycles. The Bertz CT molecular complexity index is 1870. The fourth-order valence-electron chi connectivity index (χ4n) is 5.23. The number of hydrogen-bond acceptors (Lipinski definition) is 7. The van der Waals surface area contributed by atoms with Gasteiger partial charge in [-0.25, -0.2) is 9.78 Å². The van der Waals surface area contributed by atoms with Gasteiger partial charge in [-0.15, -0.1) is 0 Å². The monoisotopic (exact) mass is 567 g/mol. The van der Waals surface area contributed by atoms with E-state index in [1.165, 1.54) is 11.6 Å². The summed E-state index contributed by atoms with van der Waals surface area (Å²) >= 11 is 0. The van der Waals surface area contributed by atoms with Gasteiger partial charge in [0.15, 0.2) is 5.65 Å². The van der Waals surface area contributed by atoms with Crippen LogP contribution in [0.3, 0.4) is 0 Å². The molecule has 0 spiro atoms. The number of rotatable bonds is 10. The minimum atomic E-state index is -0.460. The van der Waals surface area contributed by atoms with Crippen molar-refractivity contribution in [2.24, 2.45) is 19.8 Å². The standard InChI is InChI=1S/C33H37N5O4/c1-6-14-41-25-17-23(18-26(19-25)42-15-7-2)28-27(20-34)30(35-31-29(28)32(39)38(5)33(40)37(31)4)36(3)24-13-12-21-10-8-9-11-22(21)16-24/h8-13,16-19H,6-7,14-15,20,34H2,1-5H3. The van der Waals surface area contributed by atoms with Crippen molar-refractivity contribution in [1.82, 2.24) is 14.1 Å². The highest BCUT2D eigenvalue weighted by molar-refractivity contribution is 5.98. The number of anilines is 2. The average Bonchev–Trinajstić information content (AvgIpc) is 3.02. The second-order valence-electron chi connectivity index (χ2n) is 10.4. The fraction of sp³-hybridized carbons (Fsp3) is 0.303. The van der Waals surface area contributed by atoms with E-state index in [1.807, 2.05) is 62.2 Å². The fourth-order valence-corrected chi connectivity index (χ4v) is 5.23. The summed E-state index contributed by atoms with van der Waals surface area (Å²) in [7, 11) is 5.01. The Morgan fingerprint density at radius 3 is 2.12 bits per heavy atom. The van der Waals surface area contributed by atoms with Crippen molar-refractivity contribution in [2.75, 3.05) is 25.2 Å². The van der Waals surface area contributed by atoms with Gasteiger partial charge in [-0.05, 0) is 53.4 Å². The minimum absolute atomic E-state index is 0.0999. The lowest BCUT2D eigenvalue weighted by molar-refractivity contribution is 0.302. The lowest BCUT2D eigenvalue weighted by Gasteiger charge is -2.25. The Hall–Kier alpha value is -4.63. The molecule has 42 heavy (non-hydrogen) atoms. The lowest BCUT2D eigenvalue weighted by atomic mass is 9.96. The largest absolute Gasteiger partial charge is 0.493 e. The van der Waals surface area contributed by atoms with E-state index >= 15 is 0 Å². The maximum Gasteiger partial charge on any atom is 0.332 e. The van der Waals surface area contributed by atoms with E-state index in [0.29, 0.717) is 52.6 Å². The van der Waals surface area contributed by atoms with Crippen molar-refractivity contribution >= 4 is 33.3 Å². The molecular formula is C33H37N5O4. The van der Waals surface area contributed by atoms with Gasteiger partial charge in [0.25, 0.3) is 5.56 Å². The molecule has 0 aliphatic rings. The molecule has 3 aromatic carbocycles. The summed E-state index contributed by atoms with van der Waals surface area (Å²) in [6.45, 7) is 5.25. The van der Waals surface area contributed by atoms with Crippen LogP contribution in [0.1, 0.15) is 32.3 Å². The number of fused-ring (bicyclic) bond motifs is 2. The van der Waals surface area contributed by atoms with Crippen LogP contribution < -0.4 is 31.4 Å². The third kappa shape index (κ3) is 5.23. The smallest absolute Gasteiger partial charge is 0.332 e. The van der Waals surface area contributed by atoms with Crippen molar-refractivity contribution in [1.29, 1.82) is 0 Å². The maximum absolute atomic E-state index is 13.8. The Morgan fingerprint density at radius 1 is 0.857 bits per heavy atom. The van der Waals surface area contributed by atoms with E-state index in [1.54, 1.807) is 7.05 Å². The summed E-state index contributed by atoms with van der Waals surface area (Å²) in [6.07, 6.45) is 1.68. The molecule has 0 aliphatic carbocycles. The molecule has 218 valence electrons. The van der Waals surface area contributed by atoms with Gasteiger partial charge in [-0.1, -0.05) is 44.2 Å². The molecule has 0 amide bonds. The van der Waals surface area contributed by atoms with Crippen LogP contribution in [0.15, 0.2) is 70.3 Å². The molecule has 0 atom stereocenters. The van der Waals surface area contributed by atoms with Gasteiger partial charge in [-0.2, -0.15) is 0 Å². The molecule has 0 unspecified atom stereocenters. The third-order valence-corrected chi connectivity index (χ3v) is 7.42. The molecule has 9 nitrogen and oxygen atoms in total. The Kier molecular flexibility index (Phi) is 8.31. The summed E-state index contributed by atoms with van der Waals surface area (Å²) in [5.41, 5.74) is 8.70. The molecule has 9 heteroatoms. The molecule has 2 aromatic heterocycles. The number of nitrogens with two attached hydrogens (primary N) is 1. The molecule has 0 saturated heterocycles. The number of ether oxygens (including phenoxy) is 2. The van der Waals surface area contributed by atoms with Crippen LogP contribution >= 0.6 is 0 Å². The summed E-state index contributed by atoms with van der Waals surface area (Å²) in [5.74, 6) is 1.80. The van der Waals surface area contributed by atoms with Gasteiger partial charge in [0.05, 0.1) is 18.6 Å². The first-order valence-corrected chi connectivity index (χ1v) is 14.2. The topological polar surface area (TPSA) is 105 Å². The predicted molar refractivity (Wildman–Crippen MR) is 169 cm³/mol. The Morgan fingerprint density at radius 2 is 1.50 bits per heavy atom. The molecule has 0 bridgehead atoms. The van der Waals surface area contributed by atoms with Crippen molar-refractivity contribution in [3.8, 4) is 22.6 Å². The van der Waals surface area contributed by atoms with Crippen LogP contribution in [0.25, 0.3) is 32.9 Å². The van der Waals surface area contributed by atoms with Crippen molar-refractivity contribution < 1.29 is 9.47 Å². The van der Waals surface area contributed by atoms with Gasteiger partial charge >= 0.3 is 5.69 Å². The van der Waals surface area contributed by atoms with Gasteiger partial charge < -0.3 is 20.1 Å². The van der Waals surface area contributed by atoms with E-state index in [-0.39, 0.29) is 12.2 Å². The van der Waals surface area contributed by atoms with Gasteiger partial charge in [0.1, 0.15) is 17.3 Å². The third-order valence-electron chi connectivity index (χ3n) is 7.42. The molecule has 5 rings (SSSR count). The number of benzene rings is 3. The predicted octanol–water partition coefficient (Wildman–Crippen LogP) is 5.26. The summed E-state index contributed by atoms with van der Waals surface area (Å²) < 4.78 is 14.6. The second kappa shape index (κ2) is 12.1. The van der Waals surface area contributed by atoms with Gasteiger partial charge in [-0.3, -0.25) is 13.9 Å². The van der Waals surface area contributed by atoms with Crippen LogP contribution in [-0.4, -0.2) is 34.4 Å². The van der Waals surface area contributed by atoms with Crippen LogP contribution in [0.5, 0.6) is 11.5 Å². The second-order valence-corrected chi connectivity index (χ2v) is 10.4. The van der Waals surface area contributed by atoms with Crippen molar-refractivity contribution in [3.05, 3.63) is 87.1 Å². The molecule has 0 saturated carbocycles. The van der Waals surface area contributed by atoms with Crippen LogP contribution in [0.2, 0.25) is 0 Å². The number of nitrogens with zero attached hydrogens (tertiary/aromatic N) is 4. The van der Waals surface area contributed by atoms with Crippen LogP contribution in [-0.2, 0) is 20.6 Å². The van der Waals surface area contributed by atoms with Crippen LogP contribution in [0.4, 0.5) is 11.5 Å². The number of aromatic nitrogens is 3. The first-order valence-electron chi connectivity index (χ1n) is 14.2. The minimum Gasteiger partial charge on any atom is -0.493 e. The van der Waals surface area contributed by atoms with E-state index in [0.717, 1.165) is 33.9 Å².